The predicted molar refractivity (Wildman–Crippen MR) is 83.6 cm³/mol. The Bertz CT molecular complexity index is 590. The molecular weight excluding hydrogens is 302 g/mol. The maximum atomic E-state index is 3.76. The van der Waals surface area contributed by atoms with Gasteiger partial charge in [0.1, 0.15) is 0 Å². The molecule has 1 aromatic carbocycles. The van der Waals surface area contributed by atoms with E-state index in [-0.39, 0.29) is 0 Å². The Hall–Kier alpha value is -0.840. The number of hydrogen-bond acceptors (Lipinski definition) is 2. The van der Waals surface area contributed by atoms with Crippen LogP contribution in [0.5, 0.6) is 0 Å². The number of likely N-dealkylation sites (N-methyl/N-ethyl adjacent to an activating group) is 1. The van der Waals surface area contributed by atoms with E-state index < -0.39 is 0 Å². The second kappa shape index (κ2) is 5.27. The summed E-state index contributed by atoms with van der Waals surface area (Å²) < 4.78 is 3.45. The number of aromatic nitrogens is 1. The van der Waals surface area contributed by atoms with Crippen LogP contribution in [0.15, 0.2) is 28.9 Å². The lowest BCUT2D eigenvalue weighted by molar-refractivity contribution is 0.199. The molecule has 1 aliphatic rings. The van der Waals surface area contributed by atoms with E-state index in [1.54, 1.807) is 0 Å². The first kappa shape index (κ1) is 13.2. The number of fused-ring (bicyclic) bond motifs is 1. The monoisotopic (exact) mass is 321 g/mol. The van der Waals surface area contributed by atoms with E-state index in [2.05, 4.69) is 69.1 Å². The highest BCUT2D eigenvalue weighted by Crippen LogP contribution is 2.30. The van der Waals surface area contributed by atoms with Crippen molar-refractivity contribution in [3.05, 3.63) is 34.4 Å². The molecule has 19 heavy (non-hydrogen) atoms. The summed E-state index contributed by atoms with van der Waals surface area (Å²) in [7, 11) is 4.35. The van der Waals surface area contributed by atoms with Crippen LogP contribution < -0.4 is 5.32 Å². The number of para-hydroxylation sites is 1. The van der Waals surface area contributed by atoms with Gasteiger partial charge in [0.25, 0.3) is 0 Å². The fourth-order valence-electron chi connectivity index (χ4n) is 2.96. The molecule has 102 valence electrons. The number of piperazine rings is 1. The molecule has 1 atom stereocenters. The van der Waals surface area contributed by atoms with Crippen LogP contribution in [0.1, 0.15) is 5.56 Å². The van der Waals surface area contributed by atoms with Gasteiger partial charge in [0.15, 0.2) is 0 Å². The van der Waals surface area contributed by atoms with E-state index in [1.165, 1.54) is 21.1 Å². The van der Waals surface area contributed by atoms with Crippen molar-refractivity contribution in [2.75, 3.05) is 26.7 Å². The Morgan fingerprint density at radius 2 is 2.11 bits per heavy atom. The van der Waals surface area contributed by atoms with Crippen molar-refractivity contribution in [1.29, 1.82) is 0 Å². The van der Waals surface area contributed by atoms with Gasteiger partial charge in [-0.3, -0.25) is 0 Å². The summed E-state index contributed by atoms with van der Waals surface area (Å²) in [5, 5.41) is 4.87. The van der Waals surface area contributed by atoms with Gasteiger partial charge in [-0.2, -0.15) is 0 Å². The van der Waals surface area contributed by atoms with Crippen molar-refractivity contribution in [3.63, 3.8) is 0 Å². The lowest BCUT2D eigenvalue weighted by Crippen LogP contribution is -2.50. The highest BCUT2D eigenvalue weighted by atomic mass is 79.9. The van der Waals surface area contributed by atoms with Crippen molar-refractivity contribution in [2.24, 2.45) is 7.05 Å². The minimum absolute atomic E-state index is 0.579. The molecule has 2 heterocycles. The third-order valence-corrected chi connectivity index (χ3v) is 5.23. The lowest BCUT2D eigenvalue weighted by atomic mass is 10.0. The fraction of sp³-hybridized carbons (Fsp3) is 0.467. The molecule has 0 radical (unpaired) electrons. The summed E-state index contributed by atoms with van der Waals surface area (Å²) in [6, 6.07) is 9.22. The van der Waals surface area contributed by atoms with Gasteiger partial charge in [0.05, 0.1) is 4.60 Å². The number of aryl methyl sites for hydroxylation is 1. The van der Waals surface area contributed by atoms with Gasteiger partial charge in [0.2, 0.25) is 0 Å². The van der Waals surface area contributed by atoms with Crippen LogP contribution in [-0.4, -0.2) is 42.2 Å². The van der Waals surface area contributed by atoms with Crippen LogP contribution in [0, 0.1) is 0 Å². The van der Waals surface area contributed by atoms with E-state index in [0.29, 0.717) is 6.04 Å². The first-order valence-electron chi connectivity index (χ1n) is 6.81. The first-order chi connectivity index (χ1) is 9.18. The first-order valence-corrected chi connectivity index (χ1v) is 7.60. The molecule has 1 N–H and O–H groups in total. The van der Waals surface area contributed by atoms with Crippen LogP contribution in [0.4, 0.5) is 0 Å². The number of rotatable bonds is 2. The second-order valence-corrected chi connectivity index (χ2v) is 6.14. The third-order valence-electron chi connectivity index (χ3n) is 4.22. The van der Waals surface area contributed by atoms with Crippen molar-refractivity contribution in [2.45, 2.75) is 12.5 Å². The Balaban J connectivity index is 1.98. The fourth-order valence-corrected chi connectivity index (χ4v) is 3.53. The van der Waals surface area contributed by atoms with Crippen molar-refractivity contribution in [3.8, 4) is 0 Å². The van der Waals surface area contributed by atoms with Crippen LogP contribution in [0.2, 0.25) is 0 Å². The standard InChI is InChI=1S/C15H20BrN3/c1-18-8-7-17-10-11(18)9-13-12-5-3-4-6-14(12)19(2)15(13)16/h3-6,11,17H,7-10H2,1-2H3. The Labute approximate surface area is 122 Å². The summed E-state index contributed by atoms with van der Waals surface area (Å²) in [5.74, 6) is 0. The van der Waals surface area contributed by atoms with Crippen LogP contribution >= 0.6 is 15.9 Å². The molecule has 1 unspecified atom stereocenters. The summed E-state index contributed by atoms with van der Waals surface area (Å²) in [6.45, 7) is 3.31. The normalized spacial score (nSPS) is 21.1. The highest BCUT2D eigenvalue weighted by molar-refractivity contribution is 9.10. The van der Waals surface area contributed by atoms with Gasteiger partial charge in [-0.15, -0.1) is 0 Å². The molecule has 0 aliphatic carbocycles. The summed E-state index contributed by atoms with van der Waals surface area (Å²) >= 11 is 3.76. The van der Waals surface area contributed by atoms with Gasteiger partial charge in [-0.1, -0.05) is 18.2 Å². The molecule has 0 saturated carbocycles. The maximum absolute atomic E-state index is 3.76. The van der Waals surface area contributed by atoms with Gasteiger partial charge in [0, 0.05) is 43.6 Å². The van der Waals surface area contributed by atoms with E-state index in [1.807, 2.05) is 0 Å². The SMILES string of the molecule is CN1CCNCC1Cc1c(Br)n(C)c2ccccc12. The minimum Gasteiger partial charge on any atom is -0.338 e. The summed E-state index contributed by atoms with van der Waals surface area (Å²) in [5.41, 5.74) is 2.73. The molecule has 3 rings (SSSR count). The quantitative estimate of drug-likeness (QED) is 0.916. The highest BCUT2D eigenvalue weighted by Gasteiger charge is 2.22. The molecule has 1 aliphatic heterocycles. The van der Waals surface area contributed by atoms with Crippen molar-refractivity contribution >= 4 is 26.8 Å². The zero-order chi connectivity index (χ0) is 13.4. The summed E-state index contributed by atoms with van der Waals surface area (Å²) in [6.07, 6.45) is 1.09. The Kier molecular flexibility index (Phi) is 3.65. The predicted octanol–water partition coefficient (Wildman–Crippen LogP) is 2.39. The molecule has 0 bridgehead atoms. The number of hydrogen-bond donors (Lipinski definition) is 1. The van der Waals surface area contributed by atoms with Crippen molar-refractivity contribution < 1.29 is 0 Å². The molecule has 1 aromatic heterocycles. The zero-order valence-electron chi connectivity index (χ0n) is 11.5. The number of nitrogens with one attached hydrogen (secondary N) is 1. The second-order valence-electron chi connectivity index (χ2n) is 5.39. The molecule has 1 fully saturated rings. The number of nitrogens with zero attached hydrogens (tertiary/aromatic N) is 2. The van der Waals surface area contributed by atoms with E-state index in [4.69, 9.17) is 0 Å². The van der Waals surface area contributed by atoms with Gasteiger partial charge in [-0.05, 0) is 41.0 Å². The number of benzene rings is 1. The molecule has 4 heteroatoms. The maximum Gasteiger partial charge on any atom is 0.0887 e. The Morgan fingerprint density at radius 1 is 1.32 bits per heavy atom. The van der Waals surface area contributed by atoms with E-state index in [0.717, 1.165) is 26.1 Å². The molecule has 1 saturated heterocycles. The van der Waals surface area contributed by atoms with E-state index >= 15 is 0 Å². The average molecular weight is 322 g/mol. The van der Waals surface area contributed by atoms with Gasteiger partial charge >= 0.3 is 0 Å². The van der Waals surface area contributed by atoms with Gasteiger partial charge in [-0.25, -0.2) is 0 Å². The van der Waals surface area contributed by atoms with Crippen molar-refractivity contribution in [1.82, 2.24) is 14.8 Å². The average Bonchev–Trinajstić information content (AvgIpc) is 2.67. The lowest BCUT2D eigenvalue weighted by Gasteiger charge is -2.33. The number of halogens is 1. The van der Waals surface area contributed by atoms with Gasteiger partial charge < -0.3 is 14.8 Å². The smallest absolute Gasteiger partial charge is 0.0887 e. The molecule has 0 amide bonds. The third kappa shape index (κ3) is 2.33. The molecule has 2 aromatic rings. The summed E-state index contributed by atoms with van der Waals surface area (Å²) in [4.78, 5) is 2.46. The molecule has 3 nitrogen and oxygen atoms in total. The van der Waals surface area contributed by atoms with Crippen LogP contribution in [-0.2, 0) is 13.5 Å². The minimum atomic E-state index is 0.579. The van der Waals surface area contributed by atoms with Crippen LogP contribution in [0.25, 0.3) is 10.9 Å². The largest absolute Gasteiger partial charge is 0.338 e. The Morgan fingerprint density at radius 3 is 2.89 bits per heavy atom. The zero-order valence-corrected chi connectivity index (χ0v) is 13.1. The molecule has 0 spiro atoms. The topological polar surface area (TPSA) is 20.2 Å². The van der Waals surface area contributed by atoms with E-state index in [9.17, 15) is 0 Å². The van der Waals surface area contributed by atoms with Crippen LogP contribution in [0.3, 0.4) is 0 Å². The molecular formula is C15H20BrN3.